The molecule has 2 aliphatic carbocycles. The van der Waals surface area contributed by atoms with Gasteiger partial charge in [-0.1, -0.05) is 12.2 Å². The van der Waals surface area contributed by atoms with Gasteiger partial charge in [-0.25, -0.2) is 0 Å². The highest BCUT2D eigenvalue weighted by molar-refractivity contribution is 5.87. The van der Waals surface area contributed by atoms with Crippen molar-refractivity contribution < 1.29 is 14.7 Å². The fourth-order valence-electron chi connectivity index (χ4n) is 3.83. The van der Waals surface area contributed by atoms with Gasteiger partial charge in [0.1, 0.15) is 0 Å². The van der Waals surface area contributed by atoms with Gasteiger partial charge in [0.25, 0.3) is 0 Å². The SMILES string of the molecule is NC1CCN(C(=O)[C@H]2C3C=CC(C3)[C@H]2C(=O)O)CC1. The molecule has 2 bridgehead atoms. The van der Waals surface area contributed by atoms with Gasteiger partial charge in [0, 0.05) is 19.1 Å². The number of nitrogens with zero attached hydrogens (tertiary/aromatic N) is 1. The Morgan fingerprint density at radius 3 is 2.26 bits per heavy atom. The number of allylic oxidation sites excluding steroid dienone is 2. The Hall–Kier alpha value is -1.36. The van der Waals surface area contributed by atoms with E-state index in [9.17, 15) is 14.7 Å². The number of hydrogen-bond donors (Lipinski definition) is 2. The first-order valence-electron chi connectivity index (χ1n) is 7.03. The minimum Gasteiger partial charge on any atom is -0.481 e. The maximum absolute atomic E-state index is 12.6. The maximum atomic E-state index is 12.6. The minimum absolute atomic E-state index is 0.0242. The van der Waals surface area contributed by atoms with Crippen LogP contribution in [-0.4, -0.2) is 41.0 Å². The Morgan fingerprint density at radius 2 is 1.68 bits per heavy atom. The van der Waals surface area contributed by atoms with E-state index in [0.29, 0.717) is 13.1 Å². The fraction of sp³-hybridized carbons (Fsp3) is 0.714. The van der Waals surface area contributed by atoms with Crippen molar-refractivity contribution in [3.8, 4) is 0 Å². The molecule has 1 heterocycles. The molecule has 1 aliphatic heterocycles. The van der Waals surface area contributed by atoms with Gasteiger partial charge in [0.15, 0.2) is 0 Å². The van der Waals surface area contributed by atoms with E-state index < -0.39 is 11.9 Å². The number of carboxylic acid groups (broad SMARTS) is 1. The maximum Gasteiger partial charge on any atom is 0.307 e. The molecule has 19 heavy (non-hydrogen) atoms. The normalized spacial score (nSPS) is 37.8. The van der Waals surface area contributed by atoms with Crippen molar-refractivity contribution >= 4 is 11.9 Å². The van der Waals surface area contributed by atoms with E-state index in [1.54, 1.807) is 0 Å². The summed E-state index contributed by atoms with van der Waals surface area (Å²) in [5.41, 5.74) is 5.84. The molecule has 2 unspecified atom stereocenters. The summed E-state index contributed by atoms with van der Waals surface area (Å²) in [7, 11) is 0. The second kappa shape index (κ2) is 4.63. The molecule has 0 aromatic carbocycles. The third-order valence-electron chi connectivity index (χ3n) is 4.88. The summed E-state index contributed by atoms with van der Waals surface area (Å²) >= 11 is 0. The van der Waals surface area contributed by atoms with Gasteiger partial charge in [0.2, 0.25) is 5.91 Å². The van der Waals surface area contributed by atoms with Gasteiger partial charge >= 0.3 is 5.97 Å². The summed E-state index contributed by atoms with van der Waals surface area (Å²) < 4.78 is 0. The number of piperidine rings is 1. The zero-order valence-electron chi connectivity index (χ0n) is 10.9. The number of nitrogens with two attached hydrogens (primary N) is 1. The molecule has 3 N–H and O–H groups in total. The lowest BCUT2D eigenvalue weighted by atomic mass is 9.81. The predicted octanol–water partition coefficient (Wildman–Crippen LogP) is 0.459. The molecule has 0 spiro atoms. The number of carbonyl (C=O) groups is 2. The highest BCUT2D eigenvalue weighted by atomic mass is 16.4. The molecule has 0 aromatic rings. The summed E-state index contributed by atoms with van der Waals surface area (Å²) in [5, 5.41) is 9.37. The molecule has 4 atom stereocenters. The van der Waals surface area contributed by atoms with E-state index >= 15 is 0 Å². The van der Waals surface area contributed by atoms with Crippen LogP contribution in [0.4, 0.5) is 0 Å². The standard InChI is InChI=1S/C14H20N2O3/c15-10-3-5-16(6-4-10)13(17)11-8-1-2-9(7-8)12(11)14(18)19/h1-2,8-12H,3-7,15H2,(H,18,19)/t8?,9?,11-,12+/m0/s1. The summed E-state index contributed by atoms with van der Waals surface area (Å²) in [6.07, 6.45) is 6.46. The molecule has 3 rings (SSSR count). The first-order valence-corrected chi connectivity index (χ1v) is 7.03. The van der Waals surface area contributed by atoms with Crippen molar-refractivity contribution in [2.75, 3.05) is 13.1 Å². The van der Waals surface area contributed by atoms with E-state index in [0.717, 1.165) is 19.3 Å². The van der Waals surface area contributed by atoms with Crippen LogP contribution in [-0.2, 0) is 9.59 Å². The first kappa shape index (κ1) is 12.7. The number of carbonyl (C=O) groups excluding carboxylic acids is 1. The second-order valence-corrected chi connectivity index (χ2v) is 6.00. The highest BCUT2D eigenvalue weighted by Crippen LogP contribution is 2.48. The molecule has 1 saturated carbocycles. The van der Waals surface area contributed by atoms with E-state index in [1.165, 1.54) is 0 Å². The third-order valence-corrected chi connectivity index (χ3v) is 4.88. The highest BCUT2D eigenvalue weighted by Gasteiger charge is 2.52. The van der Waals surface area contributed by atoms with Gasteiger partial charge in [-0.2, -0.15) is 0 Å². The average molecular weight is 264 g/mol. The molecule has 0 aromatic heterocycles. The minimum atomic E-state index is -0.830. The second-order valence-electron chi connectivity index (χ2n) is 6.00. The third kappa shape index (κ3) is 2.06. The van der Waals surface area contributed by atoms with Gasteiger partial charge in [-0.05, 0) is 31.1 Å². The van der Waals surface area contributed by atoms with Crippen molar-refractivity contribution in [1.29, 1.82) is 0 Å². The van der Waals surface area contributed by atoms with E-state index in [2.05, 4.69) is 0 Å². The van der Waals surface area contributed by atoms with Gasteiger partial charge < -0.3 is 15.7 Å². The summed E-state index contributed by atoms with van der Waals surface area (Å²) in [6, 6.07) is 0.180. The molecule has 5 nitrogen and oxygen atoms in total. The first-order chi connectivity index (χ1) is 9.08. The van der Waals surface area contributed by atoms with Crippen LogP contribution >= 0.6 is 0 Å². The lowest BCUT2D eigenvalue weighted by Gasteiger charge is -2.35. The zero-order valence-corrected chi connectivity index (χ0v) is 10.9. The summed E-state index contributed by atoms with van der Waals surface area (Å²) in [4.78, 5) is 25.8. The van der Waals surface area contributed by atoms with Crippen LogP contribution in [0, 0.1) is 23.7 Å². The number of hydrogen-bond acceptors (Lipinski definition) is 3. The zero-order chi connectivity index (χ0) is 13.6. The topological polar surface area (TPSA) is 83.6 Å². The summed E-state index contributed by atoms with van der Waals surface area (Å²) in [6.45, 7) is 1.34. The predicted molar refractivity (Wildman–Crippen MR) is 69.1 cm³/mol. The summed E-state index contributed by atoms with van der Waals surface area (Å²) in [5.74, 6) is -1.53. The van der Waals surface area contributed by atoms with Crippen LogP contribution in [0.1, 0.15) is 19.3 Å². The number of rotatable bonds is 2. The number of fused-ring (bicyclic) bond motifs is 2. The molecule has 3 aliphatic rings. The molecule has 1 saturated heterocycles. The Balaban J connectivity index is 1.75. The Labute approximate surface area is 112 Å². The molecule has 0 radical (unpaired) electrons. The van der Waals surface area contributed by atoms with Gasteiger partial charge in [-0.15, -0.1) is 0 Å². The Kier molecular flexibility index (Phi) is 3.09. The lowest BCUT2D eigenvalue weighted by Crippen LogP contribution is -2.48. The number of likely N-dealkylation sites (tertiary alicyclic amines) is 1. The van der Waals surface area contributed by atoms with Crippen molar-refractivity contribution in [1.82, 2.24) is 4.90 Å². The Morgan fingerprint density at radius 1 is 1.11 bits per heavy atom. The quantitative estimate of drug-likeness (QED) is 0.710. The number of amides is 1. The fourth-order valence-corrected chi connectivity index (χ4v) is 3.83. The van der Waals surface area contributed by atoms with Gasteiger partial charge in [-0.3, -0.25) is 9.59 Å². The molecular formula is C14H20N2O3. The van der Waals surface area contributed by atoms with Gasteiger partial charge in [0.05, 0.1) is 11.8 Å². The lowest BCUT2D eigenvalue weighted by molar-refractivity contribution is -0.151. The van der Waals surface area contributed by atoms with Crippen molar-refractivity contribution in [2.24, 2.45) is 29.4 Å². The molecule has 5 heteroatoms. The van der Waals surface area contributed by atoms with Crippen LogP contribution in [0.2, 0.25) is 0 Å². The van der Waals surface area contributed by atoms with Crippen molar-refractivity contribution in [3.05, 3.63) is 12.2 Å². The van der Waals surface area contributed by atoms with Crippen LogP contribution < -0.4 is 5.73 Å². The monoisotopic (exact) mass is 264 g/mol. The number of aliphatic carboxylic acids is 1. The van der Waals surface area contributed by atoms with Crippen LogP contribution in [0.25, 0.3) is 0 Å². The van der Waals surface area contributed by atoms with E-state index in [4.69, 9.17) is 5.73 Å². The largest absolute Gasteiger partial charge is 0.481 e. The van der Waals surface area contributed by atoms with Crippen LogP contribution in [0.5, 0.6) is 0 Å². The van der Waals surface area contributed by atoms with Crippen molar-refractivity contribution in [3.63, 3.8) is 0 Å². The Bertz CT molecular complexity index is 426. The van der Waals surface area contributed by atoms with Crippen LogP contribution in [0.3, 0.4) is 0 Å². The smallest absolute Gasteiger partial charge is 0.307 e. The average Bonchev–Trinajstić information content (AvgIpc) is 2.98. The van der Waals surface area contributed by atoms with E-state index in [1.807, 2.05) is 17.1 Å². The molecule has 104 valence electrons. The molecular weight excluding hydrogens is 244 g/mol. The molecule has 2 fully saturated rings. The number of carboxylic acids is 1. The van der Waals surface area contributed by atoms with Crippen LogP contribution in [0.15, 0.2) is 12.2 Å². The van der Waals surface area contributed by atoms with E-state index in [-0.39, 0.29) is 29.7 Å². The van der Waals surface area contributed by atoms with Crippen molar-refractivity contribution in [2.45, 2.75) is 25.3 Å². The molecule has 1 amide bonds.